The number of imide groups is 1. The van der Waals surface area contributed by atoms with E-state index >= 15 is 0 Å². The lowest BCUT2D eigenvalue weighted by molar-refractivity contribution is -0.384. The van der Waals surface area contributed by atoms with Gasteiger partial charge in [0.25, 0.3) is 23.4 Å². The number of carbonyl (C=O) groups excluding carboxylic acids is 4. The van der Waals surface area contributed by atoms with Crippen molar-refractivity contribution in [2.75, 3.05) is 6.54 Å². The van der Waals surface area contributed by atoms with E-state index in [4.69, 9.17) is 0 Å². The van der Waals surface area contributed by atoms with Gasteiger partial charge >= 0.3 is 0 Å². The Labute approximate surface area is 193 Å². The minimum absolute atomic E-state index is 0.0762. The van der Waals surface area contributed by atoms with Crippen LogP contribution in [0.25, 0.3) is 0 Å². The number of nitro benzene ring substituents is 1. The number of Topliss-reactive ketones (excluding diaryl/α,β-unsaturated/α-hetero) is 1. The van der Waals surface area contributed by atoms with Gasteiger partial charge in [-0.05, 0) is 50.1 Å². The Balaban J connectivity index is 1.71. The van der Waals surface area contributed by atoms with E-state index < -0.39 is 52.6 Å². The first-order valence-electron chi connectivity index (χ1n) is 10.6. The first-order valence-corrected chi connectivity index (χ1v) is 10.6. The van der Waals surface area contributed by atoms with Crippen molar-refractivity contribution in [1.29, 1.82) is 0 Å². The molecular weight excluding hydrogens is 445 g/mol. The maximum Gasteiger partial charge on any atom is 0.273 e. The van der Waals surface area contributed by atoms with Crippen LogP contribution in [0, 0.1) is 27.8 Å². The molecule has 9 nitrogen and oxygen atoms in total. The van der Waals surface area contributed by atoms with Crippen molar-refractivity contribution in [3.05, 3.63) is 87.2 Å². The number of allylic oxidation sites excluding steroid dienone is 2. The molecule has 0 saturated carbocycles. The van der Waals surface area contributed by atoms with Gasteiger partial charge in [0.1, 0.15) is 12.4 Å². The van der Waals surface area contributed by atoms with Gasteiger partial charge in [0.15, 0.2) is 5.78 Å². The molecule has 0 unspecified atom stereocenters. The van der Waals surface area contributed by atoms with Crippen LogP contribution in [0.3, 0.4) is 0 Å². The third-order valence-electron chi connectivity index (χ3n) is 6.04. The second kappa shape index (κ2) is 8.97. The predicted octanol–water partition coefficient (Wildman–Crippen LogP) is 3.32. The number of hydrogen-bond acceptors (Lipinski definition) is 6. The molecule has 0 radical (unpaired) electrons. The Morgan fingerprint density at radius 2 is 1.76 bits per heavy atom. The third kappa shape index (κ3) is 4.21. The number of rotatable bonds is 6. The number of ketones is 1. The molecule has 2 aromatic rings. The fourth-order valence-electron chi connectivity index (χ4n) is 4.26. The minimum Gasteiger partial charge on any atom is -0.292 e. The normalized spacial score (nSPS) is 19.5. The molecule has 0 aromatic heterocycles. The van der Waals surface area contributed by atoms with Crippen LogP contribution >= 0.6 is 0 Å². The average molecular weight is 465 g/mol. The molecule has 1 aliphatic heterocycles. The van der Waals surface area contributed by atoms with Crippen LogP contribution in [0.1, 0.15) is 40.5 Å². The zero-order valence-corrected chi connectivity index (χ0v) is 18.1. The Morgan fingerprint density at radius 3 is 2.44 bits per heavy atom. The average Bonchev–Trinajstić information content (AvgIpc) is 3.06. The van der Waals surface area contributed by atoms with E-state index in [1.807, 2.05) is 13.0 Å². The van der Waals surface area contributed by atoms with Gasteiger partial charge in [-0.2, -0.15) is 5.01 Å². The highest BCUT2D eigenvalue weighted by Crippen LogP contribution is 2.38. The van der Waals surface area contributed by atoms with Crippen molar-refractivity contribution in [1.82, 2.24) is 10.0 Å². The second-order valence-corrected chi connectivity index (χ2v) is 8.29. The number of nitro groups is 1. The fraction of sp³-hybridized carbons (Fsp3) is 0.250. The van der Waals surface area contributed by atoms with Gasteiger partial charge in [-0.1, -0.05) is 17.7 Å². The number of non-ortho nitro benzene ring substituents is 1. The number of hydrogen-bond donors (Lipinski definition) is 0. The number of amides is 3. The summed E-state index contributed by atoms with van der Waals surface area (Å²) in [5.74, 6) is -4.63. The largest absolute Gasteiger partial charge is 0.292 e. The van der Waals surface area contributed by atoms with Gasteiger partial charge in [-0.15, -0.1) is 0 Å². The molecule has 4 rings (SSSR count). The van der Waals surface area contributed by atoms with Crippen molar-refractivity contribution >= 4 is 29.2 Å². The zero-order valence-electron chi connectivity index (χ0n) is 18.1. The number of halogens is 1. The van der Waals surface area contributed by atoms with Gasteiger partial charge in [-0.3, -0.25) is 29.3 Å². The molecule has 3 amide bonds. The third-order valence-corrected chi connectivity index (χ3v) is 6.04. The van der Waals surface area contributed by atoms with Gasteiger partial charge < -0.3 is 0 Å². The van der Waals surface area contributed by atoms with Crippen molar-refractivity contribution in [3.63, 3.8) is 0 Å². The van der Waals surface area contributed by atoms with E-state index in [1.165, 1.54) is 30.3 Å². The summed E-state index contributed by atoms with van der Waals surface area (Å²) in [6.07, 6.45) is 2.56. The number of benzene rings is 2. The molecule has 1 saturated heterocycles. The van der Waals surface area contributed by atoms with Crippen molar-refractivity contribution in [2.24, 2.45) is 11.8 Å². The van der Waals surface area contributed by atoms with E-state index in [0.717, 1.165) is 28.8 Å². The van der Waals surface area contributed by atoms with E-state index in [1.54, 1.807) is 0 Å². The molecule has 174 valence electrons. The standard InChI is InChI=1S/C24H20FN3O6/c1-14-5-10-19-20(11-14)24(32)27(23(19)31)26(13-21(29)15-6-8-17(25)9-7-15)22(30)16-3-2-4-18(12-16)28(33)34/h2-9,12,19-20H,10-11,13H2,1H3/t19-,20+/m0/s1. The highest BCUT2D eigenvalue weighted by atomic mass is 19.1. The van der Waals surface area contributed by atoms with E-state index in [2.05, 4.69) is 0 Å². The summed E-state index contributed by atoms with van der Waals surface area (Å²) in [7, 11) is 0. The number of nitrogens with zero attached hydrogens (tertiary/aromatic N) is 3. The smallest absolute Gasteiger partial charge is 0.273 e. The van der Waals surface area contributed by atoms with E-state index in [9.17, 15) is 33.7 Å². The second-order valence-electron chi connectivity index (χ2n) is 8.29. The van der Waals surface area contributed by atoms with Crippen LogP contribution in [0.5, 0.6) is 0 Å². The summed E-state index contributed by atoms with van der Waals surface area (Å²) >= 11 is 0. The summed E-state index contributed by atoms with van der Waals surface area (Å²) in [5.41, 5.74) is 0.504. The van der Waals surface area contributed by atoms with E-state index in [-0.39, 0.29) is 16.8 Å². The van der Waals surface area contributed by atoms with Crippen LogP contribution in [0.15, 0.2) is 60.2 Å². The number of hydrazine groups is 1. The molecule has 34 heavy (non-hydrogen) atoms. The maximum absolute atomic E-state index is 13.4. The molecule has 1 heterocycles. The maximum atomic E-state index is 13.4. The molecule has 2 aromatic carbocycles. The van der Waals surface area contributed by atoms with Crippen molar-refractivity contribution < 1.29 is 28.5 Å². The van der Waals surface area contributed by atoms with Crippen LogP contribution in [-0.2, 0) is 9.59 Å². The molecule has 0 N–H and O–H groups in total. The molecule has 1 aliphatic carbocycles. The molecule has 2 atom stereocenters. The molecule has 1 fully saturated rings. The summed E-state index contributed by atoms with van der Waals surface area (Å²) in [6.45, 7) is 1.16. The van der Waals surface area contributed by atoms with Crippen molar-refractivity contribution in [3.8, 4) is 0 Å². The molecule has 2 aliphatic rings. The lowest BCUT2D eigenvalue weighted by atomic mass is 9.82. The van der Waals surface area contributed by atoms with Gasteiger partial charge in [0.05, 0.1) is 16.8 Å². The summed E-state index contributed by atoms with van der Waals surface area (Å²) in [5, 5.41) is 12.6. The SMILES string of the molecule is CC1=CC[C@@H]2C(=O)N(N(CC(=O)c3ccc(F)cc3)C(=O)c3cccc([N+](=O)[O-])c3)C(=O)[C@@H]2C1. The van der Waals surface area contributed by atoms with Crippen LogP contribution in [-0.4, -0.2) is 45.0 Å². The Kier molecular flexibility index (Phi) is 6.06. The summed E-state index contributed by atoms with van der Waals surface area (Å²) in [4.78, 5) is 63.2. The molecular formula is C24H20FN3O6. The summed E-state index contributed by atoms with van der Waals surface area (Å²) < 4.78 is 13.3. The Morgan fingerprint density at radius 1 is 1.09 bits per heavy atom. The minimum atomic E-state index is -0.913. The lowest BCUT2D eigenvalue weighted by Gasteiger charge is -2.30. The van der Waals surface area contributed by atoms with E-state index in [0.29, 0.717) is 17.9 Å². The Bertz CT molecular complexity index is 1240. The first kappa shape index (κ1) is 23.0. The number of fused-ring (bicyclic) bond motifs is 1. The topological polar surface area (TPSA) is 118 Å². The lowest BCUT2D eigenvalue weighted by Crippen LogP contribution is -2.52. The Hall–Kier alpha value is -4.21. The van der Waals surface area contributed by atoms with Crippen LogP contribution in [0.4, 0.5) is 10.1 Å². The monoisotopic (exact) mass is 465 g/mol. The van der Waals surface area contributed by atoms with Crippen LogP contribution < -0.4 is 0 Å². The van der Waals surface area contributed by atoms with Gasteiger partial charge in [0.2, 0.25) is 0 Å². The molecule has 10 heteroatoms. The zero-order chi connectivity index (χ0) is 24.6. The highest BCUT2D eigenvalue weighted by Gasteiger charge is 2.51. The highest BCUT2D eigenvalue weighted by molar-refractivity contribution is 6.09. The fourth-order valence-corrected chi connectivity index (χ4v) is 4.26. The first-order chi connectivity index (χ1) is 16.2. The number of carbonyl (C=O) groups is 4. The van der Waals surface area contributed by atoms with Gasteiger partial charge in [0, 0.05) is 23.3 Å². The van der Waals surface area contributed by atoms with Gasteiger partial charge in [-0.25, -0.2) is 9.40 Å². The summed E-state index contributed by atoms with van der Waals surface area (Å²) in [6, 6.07) is 9.43. The quantitative estimate of drug-likeness (QED) is 0.212. The predicted molar refractivity (Wildman–Crippen MR) is 117 cm³/mol. The van der Waals surface area contributed by atoms with Crippen LogP contribution in [0.2, 0.25) is 0 Å². The van der Waals surface area contributed by atoms with Crippen molar-refractivity contribution in [2.45, 2.75) is 19.8 Å². The molecule has 0 spiro atoms. The molecule has 0 bridgehead atoms.